The van der Waals surface area contributed by atoms with Crippen LogP contribution in [0.4, 0.5) is 4.79 Å². The second-order valence-electron chi connectivity index (χ2n) is 7.04. The summed E-state index contributed by atoms with van der Waals surface area (Å²) in [7, 11) is 0. The van der Waals surface area contributed by atoms with Gasteiger partial charge in [-0.1, -0.05) is 35.4 Å². The van der Waals surface area contributed by atoms with Gasteiger partial charge in [-0.25, -0.2) is 4.79 Å². The molecular formula is C21H27N3O2. The van der Waals surface area contributed by atoms with Crippen LogP contribution in [0.5, 0.6) is 0 Å². The highest BCUT2D eigenvalue weighted by molar-refractivity contribution is 5.74. The summed E-state index contributed by atoms with van der Waals surface area (Å²) in [5, 5.41) is 3.04. The summed E-state index contributed by atoms with van der Waals surface area (Å²) in [6, 6.07) is 10.3. The standard InChI is InChI=1S/C21H27N3O2/c1-16-9-17(2)11-19(10-16)13-23-21(25)24-8-4-6-20(14-24)26-15-18-5-3-7-22-12-18/h3,5,7,9-12,20H,4,6,8,13-15H2,1-2H3,(H,23,25). The van der Waals surface area contributed by atoms with Crippen molar-refractivity contribution in [2.75, 3.05) is 13.1 Å². The van der Waals surface area contributed by atoms with Crippen LogP contribution >= 0.6 is 0 Å². The number of aryl methyl sites for hydroxylation is 2. The Kier molecular flexibility index (Phi) is 6.23. The van der Waals surface area contributed by atoms with Crippen LogP contribution < -0.4 is 5.32 Å². The van der Waals surface area contributed by atoms with Gasteiger partial charge in [0.15, 0.2) is 0 Å². The first-order chi connectivity index (χ1) is 12.6. The third kappa shape index (κ3) is 5.30. The molecule has 0 radical (unpaired) electrons. The molecule has 138 valence electrons. The van der Waals surface area contributed by atoms with E-state index in [1.165, 1.54) is 11.1 Å². The fraction of sp³-hybridized carbons (Fsp3) is 0.429. The molecule has 2 amide bonds. The van der Waals surface area contributed by atoms with E-state index >= 15 is 0 Å². The molecule has 1 aliphatic rings. The number of hydrogen-bond donors (Lipinski definition) is 1. The van der Waals surface area contributed by atoms with Gasteiger partial charge in [0.25, 0.3) is 0 Å². The average molecular weight is 353 g/mol. The van der Waals surface area contributed by atoms with Crippen molar-refractivity contribution in [2.45, 2.75) is 45.9 Å². The molecule has 3 rings (SSSR count). The molecule has 0 aliphatic carbocycles. The van der Waals surface area contributed by atoms with Crippen molar-refractivity contribution in [3.63, 3.8) is 0 Å². The average Bonchev–Trinajstić information content (AvgIpc) is 2.65. The number of carbonyl (C=O) groups excluding carboxylic acids is 1. The molecule has 0 bridgehead atoms. The first-order valence-electron chi connectivity index (χ1n) is 9.20. The van der Waals surface area contributed by atoms with Crippen molar-refractivity contribution < 1.29 is 9.53 Å². The van der Waals surface area contributed by atoms with E-state index in [9.17, 15) is 4.79 Å². The number of hydrogen-bond acceptors (Lipinski definition) is 3. The lowest BCUT2D eigenvalue weighted by Crippen LogP contribution is -2.47. The van der Waals surface area contributed by atoms with E-state index in [1.54, 1.807) is 6.20 Å². The lowest BCUT2D eigenvalue weighted by atomic mass is 10.1. The third-order valence-electron chi connectivity index (χ3n) is 4.60. The van der Waals surface area contributed by atoms with Gasteiger partial charge in [0.1, 0.15) is 0 Å². The van der Waals surface area contributed by atoms with Gasteiger partial charge in [-0.05, 0) is 43.9 Å². The van der Waals surface area contributed by atoms with Crippen LogP contribution in [0.1, 0.15) is 35.1 Å². The number of piperidine rings is 1. The van der Waals surface area contributed by atoms with Gasteiger partial charge in [0.05, 0.1) is 12.7 Å². The Hall–Kier alpha value is -2.40. The van der Waals surface area contributed by atoms with Crippen molar-refractivity contribution in [3.8, 4) is 0 Å². The first-order valence-corrected chi connectivity index (χ1v) is 9.20. The summed E-state index contributed by atoms with van der Waals surface area (Å²) in [5.41, 5.74) is 4.63. The molecule has 0 spiro atoms. The molecule has 1 fully saturated rings. The monoisotopic (exact) mass is 353 g/mol. The Bertz CT molecular complexity index is 713. The second-order valence-corrected chi connectivity index (χ2v) is 7.04. The molecule has 0 saturated carbocycles. The number of nitrogens with zero attached hydrogens (tertiary/aromatic N) is 2. The first kappa shape index (κ1) is 18.4. The highest BCUT2D eigenvalue weighted by Gasteiger charge is 2.24. The largest absolute Gasteiger partial charge is 0.372 e. The molecule has 5 nitrogen and oxygen atoms in total. The number of urea groups is 1. The topological polar surface area (TPSA) is 54.5 Å². The van der Waals surface area contributed by atoms with E-state index in [0.29, 0.717) is 19.7 Å². The predicted octanol–water partition coefficient (Wildman–Crippen LogP) is 3.59. The molecule has 1 aromatic carbocycles. The molecule has 5 heteroatoms. The highest BCUT2D eigenvalue weighted by Crippen LogP contribution is 2.15. The van der Waals surface area contributed by atoms with Gasteiger partial charge < -0.3 is 15.0 Å². The fourth-order valence-corrected chi connectivity index (χ4v) is 3.42. The molecule has 1 saturated heterocycles. The Labute approximate surface area is 155 Å². The third-order valence-corrected chi connectivity index (χ3v) is 4.60. The zero-order valence-electron chi connectivity index (χ0n) is 15.6. The predicted molar refractivity (Wildman–Crippen MR) is 102 cm³/mol. The van der Waals surface area contributed by atoms with Crippen molar-refractivity contribution in [1.82, 2.24) is 15.2 Å². The van der Waals surface area contributed by atoms with E-state index < -0.39 is 0 Å². The van der Waals surface area contributed by atoms with E-state index in [1.807, 2.05) is 23.2 Å². The quantitative estimate of drug-likeness (QED) is 0.894. The molecule has 26 heavy (non-hydrogen) atoms. The number of pyridine rings is 1. The van der Waals surface area contributed by atoms with Crippen LogP contribution in [-0.4, -0.2) is 35.1 Å². The maximum Gasteiger partial charge on any atom is 0.317 e. The molecule has 1 N–H and O–H groups in total. The van der Waals surface area contributed by atoms with E-state index in [2.05, 4.69) is 42.3 Å². The number of benzene rings is 1. The fourth-order valence-electron chi connectivity index (χ4n) is 3.42. The van der Waals surface area contributed by atoms with Crippen molar-refractivity contribution in [2.24, 2.45) is 0 Å². The minimum absolute atomic E-state index is 0.0150. The number of likely N-dealkylation sites (tertiary alicyclic amines) is 1. The van der Waals surface area contributed by atoms with Crippen LogP contribution in [0.15, 0.2) is 42.7 Å². The van der Waals surface area contributed by atoms with E-state index in [-0.39, 0.29) is 12.1 Å². The number of ether oxygens (including phenoxy) is 1. The van der Waals surface area contributed by atoms with Gasteiger partial charge in [0.2, 0.25) is 0 Å². The number of nitrogens with one attached hydrogen (secondary N) is 1. The summed E-state index contributed by atoms with van der Waals surface area (Å²) in [4.78, 5) is 18.5. The minimum atomic E-state index is -0.0150. The highest BCUT2D eigenvalue weighted by atomic mass is 16.5. The van der Waals surface area contributed by atoms with Crippen LogP contribution in [-0.2, 0) is 17.9 Å². The molecule has 2 heterocycles. The molecule has 1 unspecified atom stereocenters. The van der Waals surface area contributed by atoms with Crippen molar-refractivity contribution >= 4 is 6.03 Å². The Morgan fingerprint density at radius 2 is 2.08 bits per heavy atom. The summed E-state index contributed by atoms with van der Waals surface area (Å²) in [6.07, 6.45) is 5.61. The molecule has 2 aromatic rings. The Balaban J connectivity index is 1.48. The lowest BCUT2D eigenvalue weighted by Gasteiger charge is -2.32. The Morgan fingerprint density at radius 1 is 1.27 bits per heavy atom. The van der Waals surface area contributed by atoms with E-state index in [0.717, 1.165) is 30.5 Å². The summed E-state index contributed by atoms with van der Waals surface area (Å²) in [5.74, 6) is 0. The van der Waals surface area contributed by atoms with Gasteiger partial charge in [-0.3, -0.25) is 4.98 Å². The minimum Gasteiger partial charge on any atom is -0.372 e. The summed E-state index contributed by atoms with van der Waals surface area (Å²) in [6.45, 7) is 6.67. The number of amides is 2. The smallest absolute Gasteiger partial charge is 0.317 e. The molecular weight excluding hydrogens is 326 g/mol. The number of aromatic nitrogens is 1. The van der Waals surface area contributed by atoms with Crippen LogP contribution in [0.25, 0.3) is 0 Å². The number of carbonyl (C=O) groups is 1. The van der Waals surface area contributed by atoms with Crippen molar-refractivity contribution in [1.29, 1.82) is 0 Å². The lowest BCUT2D eigenvalue weighted by molar-refractivity contribution is -0.000459. The zero-order valence-corrected chi connectivity index (χ0v) is 15.6. The summed E-state index contributed by atoms with van der Waals surface area (Å²) >= 11 is 0. The Morgan fingerprint density at radius 3 is 2.81 bits per heavy atom. The molecule has 1 aromatic heterocycles. The zero-order chi connectivity index (χ0) is 18.4. The normalized spacial score (nSPS) is 17.2. The van der Waals surface area contributed by atoms with Crippen LogP contribution in [0.3, 0.4) is 0 Å². The van der Waals surface area contributed by atoms with Gasteiger partial charge in [-0.15, -0.1) is 0 Å². The summed E-state index contributed by atoms with van der Waals surface area (Å²) < 4.78 is 5.98. The van der Waals surface area contributed by atoms with E-state index in [4.69, 9.17) is 4.74 Å². The van der Waals surface area contributed by atoms with Gasteiger partial charge in [0, 0.05) is 32.0 Å². The molecule has 1 aliphatic heterocycles. The van der Waals surface area contributed by atoms with Crippen LogP contribution in [0, 0.1) is 13.8 Å². The van der Waals surface area contributed by atoms with Gasteiger partial charge in [-0.2, -0.15) is 0 Å². The molecule has 1 atom stereocenters. The van der Waals surface area contributed by atoms with Crippen molar-refractivity contribution in [3.05, 3.63) is 65.0 Å². The van der Waals surface area contributed by atoms with Crippen LogP contribution in [0.2, 0.25) is 0 Å². The van der Waals surface area contributed by atoms with Gasteiger partial charge >= 0.3 is 6.03 Å². The maximum absolute atomic E-state index is 12.5. The SMILES string of the molecule is Cc1cc(C)cc(CNC(=O)N2CCCC(OCc3cccnc3)C2)c1. The second kappa shape index (κ2) is 8.81. The number of rotatable bonds is 5. The maximum atomic E-state index is 12.5.